The Bertz CT molecular complexity index is 724. The maximum absolute atomic E-state index is 11.5. The number of primary amides is 1. The first-order valence-corrected chi connectivity index (χ1v) is 12.9. The second kappa shape index (κ2) is 15.1. The monoisotopic (exact) mass is 455 g/mol. The Morgan fingerprint density at radius 2 is 1.48 bits per heavy atom. The third-order valence-electron chi connectivity index (χ3n) is 7.60. The van der Waals surface area contributed by atoms with Gasteiger partial charge in [0.05, 0.1) is 6.10 Å². The molecular weight excluding hydrogens is 406 g/mol. The summed E-state index contributed by atoms with van der Waals surface area (Å²) in [5.74, 6) is 2.22. The van der Waals surface area contributed by atoms with E-state index >= 15 is 0 Å². The van der Waals surface area contributed by atoms with Gasteiger partial charge in [-0.3, -0.25) is 4.79 Å². The molecule has 3 N–H and O–H groups in total. The van der Waals surface area contributed by atoms with Crippen LogP contribution in [0.5, 0.6) is 0 Å². The van der Waals surface area contributed by atoms with Gasteiger partial charge in [0.1, 0.15) is 0 Å². The topological polar surface area (TPSA) is 63.3 Å². The molecule has 1 rings (SSSR count). The van der Waals surface area contributed by atoms with Crippen molar-refractivity contribution in [2.24, 2.45) is 47.2 Å². The highest BCUT2D eigenvalue weighted by molar-refractivity contribution is 5.74. The third kappa shape index (κ3) is 10.7. The van der Waals surface area contributed by atoms with Gasteiger partial charge in [0.25, 0.3) is 0 Å². The lowest BCUT2D eigenvalue weighted by molar-refractivity contribution is -0.120. The van der Waals surface area contributed by atoms with Gasteiger partial charge in [0, 0.05) is 18.3 Å². The molecule has 1 amide bonds. The van der Waals surface area contributed by atoms with E-state index in [0.717, 1.165) is 19.3 Å². The maximum atomic E-state index is 11.5. The highest BCUT2D eigenvalue weighted by Crippen LogP contribution is 2.34. The molecule has 0 bridgehead atoms. The van der Waals surface area contributed by atoms with E-state index in [1.165, 1.54) is 5.56 Å². The van der Waals surface area contributed by atoms with Gasteiger partial charge in [-0.05, 0) is 54.4 Å². The fourth-order valence-corrected chi connectivity index (χ4v) is 4.80. The second-order valence-corrected chi connectivity index (χ2v) is 10.6. The van der Waals surface area contributed by atoms with Gasteiger partial charge in [0.2, 0.25) is 5.91 Å². The molecule has 7 unspecified atom stereocenters. The van der Waals surface area contributed by atoms with Gasteiger partial charge in [-0.15, -0.1) is 0 Å². The Kier molecular flexibility index (Phi) is 13.4. The minimum Gasteiger partial charge on any atom is -0.392 e. The van der Waals surface area contributed by atoms with Crippen molar-refractivity contribution in [3.05, 3.63) is 60.2 Å². The number of nitrogens with two attached hydrogens (primary N) is 1. The smallest absolute Gasteiger partial charge is 0.217 e. The Hall–Kier alpha value is -1.87. The zero-order chi connectivity index (χ0) is 25.0. The number of amides is 1. The van der Waals surface area contributed by atoms with Crippen LogP contribution in [0.2, 0.25) is 0 Å². The lowest BCUT2D eigenvalue weighted by atomic mass is 9.71. The molecule has 0 aliphatic carbocycles. The summed E-state index contributed by atoms with van der Waals surface area (Å²) in [6, 6.07) is 10.5. The molecule has 1 aromatic rings. The standard InChI is InChI=1S/C30H49NO2/c1-21(2)28(20-29(31)32)26(7)25(6)22(3)15-13-16-24(5)30(33)23(4)14-11-12-19-27-17-9-8-10-18-27/h8-11,13-14,16-18,21-26,28,30,33H,12,15,19-20H2,1-7H3,(H2,31,32)/b14-11-,16-13-. The summed E-state index contributed by atoms with van der Waals surface area (Å²) < 4.78 is 0. The quantitative estimate of drug-likeness (QED) is 0.285. The molecule has 0 saturated carbocycles. The van der Waals surface area contributed by atoms with Crippen molar-refractivity contribution >= 4 is 5.91 Å². The number of rotatable bonds is 15. The second-order valence-electron chi connectivity index (χ2n) is 10.6. The van der Waals surface area contributed by atoms with Crippen LogP contribution in [0.3, 0.4) is 0 Å². The summed E-state index contributed by atoms with van der Waals surface area (Å²) in [5.41, 5.74) is 6.84. The van der Waals surface area contributed by atoms with Gasteiger partial charge in [-0.25, -0.2) is 0 Å². The van der Waals surface area contributed by atoms with E-state index in [1.807, 2.05) is 6.07 Å². The molecule has 3 nitrogen and oxygen atoms in total. The van der Waals surface area contributed by atoms with E-state index in [9.17, 15) is 9.90 Å². The molecule has 0 saturated heterocycles. The van der Waals surface area contributed by atoms with Crippen molar-refractivity contribution in [3.63, 3.8) is 0 Å². The summed E-state index contributed by atoms with van der Waals surface area (Å²) in [4.78, 5) is 11.5. The Morgan fingerprint density at radius 3 is 2.03 bits per heavy atom. The van der Waals surface area contributed by atoms with Gasteiger partial charge in [-0.1, -0.05) is 103 Å². The van der Waals surface area contributed by atoms with E-state index in [4.69, 9.17) is 5.73 Å². The number of hydrogen-bond acceptors (Lipinski definition) is 2. The summed E-state index contributed by atoms with van der Waals surface area (Å²) in [7, 11) is 0. The van der Waals surface area contributed by atoms with Gasteiger partial charge >= 0.3 is 0 Å². The average Bonchev–Trinajstić information content (AvgIpc) is 2.78. The van der Waals surface area contributed by atoms with Crippen LogP contribution < -0.4 is 5.73 Å². The molecule has 0 spiro atoms. The normalized spacial score (nSPS) is 18.8. The van der Waals surface area contributed by atoms with E-state index in [-0.39, 0.29) is 23.8 Å². The first-order chi connectivity index (χ1) is 15.5. The highest BCUT2D eigenvalue weighted by atomic mass is 16.3. The molecule has 0 aliphatic heterocycles. The van der Waals surface area contributed by atoms with E-state index in [2.05, 4.69) is 97.0 Å². The van der Waals surface area contributed by atoms with Crippen LogP contribution >= 0.6 is 0 Å². The number of aryl methyl sites for hydroxylation is 1. The van der Waals surface area contributed by atoms with Gasteiger partial charge < -0.3 is 10.8 Å². The molecule has 7 atom stereocenters. The number of carbonyl (C=O) groups excluding carboxylic acids is 1. The number of aliphatic hydroxyl groups excluding tert-OH is 1. The van der Waals surface area contributed by atoms with Crippen molar-refractivity contribution in [2.75, 3.05) is 0 Å². The molecule has 1 aromatic carbocycles. The molecule has 186 valence electrons. The number of hydrogen-bond donors (Lipinski definition) is 2. The fraction of sp³-hybridized carbons (Fsp3) is 0.633. The van der Waals surface area contributed by atoms with E-state index < -0.39 is 0 Å². The zero-order valence-corrected chi connectivity index (χ0v) is 22.1. The molecule has 33 heavy (non-hydrogen) atoms. The summed E-state index contributed by atoms with van der Waals surface area (Å²) in [6.45, 7) is 15.4. The van der Waals surface area contributed by atoms with Crippen LogP contribution in [0, 0.1) is 41.4 Å². The largest absolute Gasteiger partial charge is 0.392 e. The number of benzene rings is 1. The predicted molar refractivity (Wildman–Crippen MR) is 142 cm³/mol. The number of carbonyl (C=O) groups is 1. The Balaban J connectivity index is 2.50. The zero-order valence-electron chi connectivity index (χ0n) is 22.1. The minimum atomic E-state index is -0.387. The first kappa shape index (κ1) is 29.2. The predicted octanol–water partition coefficient (Wildman–Crippen LogP) is 6.81. The number of allylic oxidation sites excluding steroid dienone is 2. The van der Waals surface area contributed by atoms with Crippen LogP contribution in [-0.2, 0) is 11.2 Å². The van der Waals surface area contributed by atoms with Gasteiger partial charge in [0.15, 0.2) is 0 Å². The van der Waals surface area contributed by atoms with E-state index in [1.54, 1.807) is 0 Å². The lowest BCUT2D eigenvalue weighted by Crippen LogP contribution is -2.30. The van der Waals surface area contributed by atoms with Crippen LogP contribution in [0.15, 0.2) is 54.6 Å². The molecule has 0 heterocycles. The SMILES string of the molecule is CC(C)C(CC(N)=O)C(C)C(C)C(C)C/C=C\C(C)C(O)C(C)/C=C\CCc1ccccc1. The molecule has 0 fully saturated rings. The fourth-order valence-electron chi connectivity index (χ4n) is 4.80. The molecule has 0 radical (unpaired) electrons. The van der Waals surface area contributed by atoms with Crippen molar-refractivity contribution in [1.82, 2.24) is 0 Å². The van der Waals surface area contributed by atoms with Crippen LogP contribution in [0.1, 0.15) is 73.3 Å². The molecule has 0 aromatic heterocycles. The van der Waals surface area contributed by atoms with Crippen LogP contribution in [0.25, 0.3) is 0 Å². The third-order valence-corrected chi connectivity index (χ3v) is 7.60. The summed E-state index contributed by atoms with van der Waals surface area (Å²) in [5, 5.41) is 10.7. The Labute approximate surface area is 203 Å². The van der Waals surface area contributed by atoms with Crippen molar-refractivity contribution < 1.29 is 9.90 Å². The first-order valence-electron chi connectivity index (χ1n) is 12.9. The maximum Gasteiger partial charge on any atom is 0.217 e. The minimum absolute atomic E-state index is 0.108. The average molecular weight is 456 g/mol. The number of aliphatic hydroxyl groups is 1. The van der Waals surface area contributed by atoms with E-state index in [0.29, 0.717) is 36.0 Å². The molecule has 0 aliphatic rings. The van der Waals surface area contributed by atoms with Gasteiger partial charge in [-0.2, -0.15) is 0 Å². The highest BCUT2D eigenvalue weighted by Gasteiger charge is 2.29. The summed E-state index contributed by atoms with van der Waals surface area (Å²) in [6.07, 6.45) is 11.8. The van der Waals surface area contributed by atoms with Crippen molar-refractivity contribution in [3.8, 4) is 0 Å². The Morgan fingerprint density at radius 1 is 0.909 bits per heavy atom. The lowest BCUT2D eigenvalue weighted by Gasteiger charge is -2.34. The van der Waals surface area contributed by atoms with Crippen molar-refractivity contribution in [2.45, 2.75) is 80.3 Å². The van der Waals surface area contributed by atoms with Crippen LogP contribution in [0.4, 0.5) is 0 Å². The van der Waals surface area contributed by atoms with Crippen LogP contribution in [-0.4, -0.2) is 17.1 Å². The van der Waals surface area contributed by atoms with Crippen molar-refractivity contribution in [1.29, 1.82) is 0 Å². The molecule has 3 heteroatoms. The summed E-state index contributed by atoms with van der Waals surface area (Å²) >= 11 is 0. The molecular formula is C30H49NO2.